The lowest BCUT2D eigenvalue weighted by atomic mass is 9.86. The highest BCUT2D eigenvalue weighted by Gasteiger charge is 2.43. The van der Waals surface area contributed by atoms with Crippen molar-refractivity contribution in [1.29, 1.82) is 5.26 Å². The van der Waals surface area contributed by atoms with E-state index in [0.29, 0.717) is 6.61 Å². The smallest absolute Gasteiger partial charge is 0.170 e. The Labute approximate surface area is 77.6 Å². The summed E-state index contributed by atoms with van der Waals surface area (Å²) >= 11 is 0. The molecule has 0 aromatic heterocycles. The van der Waals surface area contributed by atoms with Crippen molar-refractivity contribution in [3.8, 4) is 6.07 Å². The summed E-state index contributed by atoms with van der Waals surface area (Å²) in [5, 5.41) is 8.72. The van der Waals surface area contributed by atoms with Gasteiger partial charge in [-0.25, -0.2) is 0 Å². The molecule has 0 aromatic carbocycles. The molecular formula is C9H14N2O2. The van der Waals surface area contributed by atoms with E-state index in [4.69, 9.17) is 20.5 Å². The van der Waals surface area contributed by atoms with Crippen molar-refractivity contribution in [2.24, 2.45) is 11.7 Å². The van der Waals surface area contributed by atoms with E-state index in [1.54, 1.807) is 0 Å². The van der Waals surface area contributed by atoms with Gasteiger partial charge in [-0.1, -0.05) is 0 Å². The molecule has 4 heteroatoms. The third kappa shape index (κ3) is 1.68. The minimum Gasteiger partial charge on any atom is -0.346 e. The summed E-state index contributed by atoms with van der Waals surface area (Å²) in [6.45, 7) is 0.483. The van der Waals surface area contributed by atoms with Crippen LogP contribution in [0, 0.1) is 17.2 Å². The molecule has 0 aromatic rings. The van der Waals surface area contributed by atoms with E-state index in [2.05, 4.69) is 6.07 Å². The molecule has 1 aliphatic carbocycles. The summed E-state index contributed by atoms with van der Waals surface area (Å²) in [5.74, 6) is -0.276. The van der Waals surface area contributed by atoms with E-state index in [0.717, 1.165) is 25.7 Å². The maximum atomic E-state index is 8.72. The highest BCUT2D eigenvalue weighted by Crippen LogP contribution is 2.38. The van der Waals surface area contributed by atoms with Gasteiger partial charge in [-0.15, -0.1) is 0 Å². The van der Waals surface area contributed by atoms with Crippen LogP contribution < -0.4 is 5.73 Å². The Morgan fingerprint density at radius 1 is 1.38 bits per heavy atom. The molecule has 4 nitrogen and oxygen atoms in total. The normalized spacial score (nSPS) is 44.9. The van der Waals surface area contributed by atoms with Gasteiger partial charge in [0.1, 0.15) is 6.23 Å². The quantitative estimate of drug-likeness (QED) is 0.599. The van der Waals surface area contributed by atoms with Crippen molar-refractivity contribution in [3.63, 3.8) is 0 Å². The van der Waals surface area contributed by atoms with E-state index >= 15 is 0 Å². The van der Waals surface area contributed by atoms with Gasteiger partial charge >= 0.3 is 0 Å². The summed E-state index contributed by atoms with van der Waals surface area (Å²) in [5.41, 5.74) is 5.60. The van der Waals surface area contributed by atoms with Crippen molar-refractivity contribution in [1.82, 2.24) is 0 Å². The molecule has 1 saturated carbocycles. The van der Waals surface area contributed by atoms with Gasteiger partial charge in [0.15, 0.2) is 5.79 Å². The fourth-order valence-corrected chi connectivity index (χ4v) is 2.03. The standard InChI is InChI=1S/C9H14N2O2/c10-5-7-1-3-9(4-2-7)12-6-8(11)13-9/h7-8H,1-4,6,11H2. The zero-order valence-corrected chi connectivity index (χ0v) is 7.53. The second kappa shape index (κ2) is 3.26. The van der Waals surface area contributed by atoms with Gasteiger partial charge in [-0.3, -0.25) is 0 Å². The van der Waals surface area contributed by atoms with Crippen LogP contribution in [0.1, 0.15) is 25.7 Å². The summed E-state index contributed by atoms with van der Waals surface area (Å²) in [6.07, 6.45) is 3.06. The van der Waals surface area contributed by atoms with Gasteiger partial charge in [-0.05, 0) is 12.8 Å². The highest BCUT2D eigenvalue weighted by molar-refractivity contribution is 4.92. The van der Waals surface area contributed by atoms with Crippen LogP contribution in [0.2, 0.25) is 0 Å². The zero-order valence-electron chi connectivity index (χ0n) is 7.53. The van der Waals surface area contributed by atoms with E-state index in [1.165, 1.54) is 0 Å². The second-order valence-electron chi connectivity index (χ2n) is 3.78. The topological polar surface area (TPSA) is 68.3 Å². The number of nitrogens with zero attached hydrogens (tertiary/aromatic N) is 1. The van der Waals surface area contributed by atoms with Gasteiger partial charge in [0, 0.05) is 18.8 Å². The van der Waals surface area contributed by atoms with E-state index in [9.17, 15) is 0 Å². The Morgan fingerprint density at radius 3 is 2.54 bits per heavy atom. The van der Waals surface area contributed by atoms with Crippen LogP contribution in [0.3, 0.4) is 0 Å². The minimum atomic E-state index is -0.452. The van der Waals surface area contributed by atoms with Crippen LogP contribution in [-0.2, 0) is 9.47 Å². The van der Waals surface area contributed by atoms with E-state index < -0.39 is 5.79 Å². The highest BCUT2D eigenvalue weighted by atomic mass is 16.7. The van der Waals surface area contributed by atoms with Crippen molar-refractivity contribution >= 4 is 0 Å². The first-order chi connectivity index (χ1) is 6.24. The van der Waals surface area contributed by atoms with Gasteiger partial charge < -0.3 is 15.2 Å². The third-order valence-electron chi connectivity index (χ3n) is 2.81. The first-order valence-corrected chi connectivity index (χ1v) is 4.71. The molecule has 1 atom stereocenters. The minimum absolute atomic E-state index is 0.176. The largest absolute Gasteiger partial charge is 0.346 e. The molecule has 2 N–H and O–H groups in total. The third-order valence-corrected chi connectivity index (χ3v) is 2.81. The zero-order chi connectivity index (χ0) is 9.31. The van der Waals surface area contributed by atoms with E-state index in [-0.39, 0.29) is 12.1 Å². The first kappa shape index (κ1) is 8.95. The Morgan fingerprint density at radius 2 is 2.08 bits per heavy atom. The molecule has 72 valence electrons. The summed E-state index contributed by atoms with van der Waals surface area (Å²) in [6, 6.07) is 2.28. The lowest BCUT2D eigenvalue weighted by Crippen LogP contribution is -2.36. The maximum Gasteiger partial charge on any atom is 0.170 e. The summed E-state index contributed by atoms with van der Waals surface area (Å²) < 4.78 is 11.1. The van der Waals surface area contributed by atoms with Crippen LogP contribution in [0.4, 0.5) is 0 Å². The summed E-state index contributed by atoms with van der Waals surface area (Å²) in [7, 11) is 0. The Balaban J connectivity index is 1.94. The SMILES string of the molecule is N#CC1CCC2(CC1)OCC(N)O2. The molecule has 1 spiro atoms. The lowest BCUT2D eigenvalue weighted by molar-refractivity contribution is -0.189. The number of ether oxygens (including phenoxy) is 2. The maximum absolute atomic E-state index is 8.72. The van der Waals surface area contributed by atoms with Crippen molar-refractivity contribution < 1.29 is 9.47 Å². The molecule has 0 radical (unpaired) electrons. The molecule has 1 unspecified atom stereocenters. The molecule has 2 rings (SSSR count). The molecular weight excluding hydrogens is 168 g/mol. The predicted octanol–water partition coefficient (Wildman–Crippen LogP) is 0.728. The van der Waals surface area contributed by atoms with Crippen molar-refractivity contribution in [3.05, 3.63) is 0 Å². The monoisotopic (exact) mass is 182 g/mol. The van der Waals surface area contributed by atoms with Crippen LogP contribution in [0.25, 0.3) is 0 Å². The fourth-order valence-electron chi connectivity index (χ4n) is 2.03. The Hall–Kier alpha value is -0.630. The van der Waals surface area contributed by atoms with Gasteiger partial charge in [0.2, 0.25) is 0 Å². The molecule has 1 aliphatic heterocycles. The van der Waals surface area contributed by atoms with Crippen LogP contribution in [-0.4, -0.2) is 18.6 Å². The molecule has 2 aliphatic rings. The number of hydrogen-bond donors (Lipinski definition) is 1. The molecule has 1 saturated heterocycles. The van der Waals surface area contributed by atoms with Crippen molar-refractivity contribution in [2.75, 3.05) is 6.61 Å². The average Bonchev–Trinajstić information content (AvgIpc) is 2.49. The van der Waals surface area contributed by atoms with E-state index in [1.807, 2.05) is 0 Å². The number of nitriles is 1. The Bertz CT molecular complexity index is 228. The number of hydrogen-bond acceptors (Lipinski definition) is 4. The predicted molar refractivity (Wildman–Crippen MR) is 45.3 cm³/mol. The first-order valence-electron chi connectivity index (χ1n) is 4.71. The fraction of sp³-hybridized carbons (Fsp3) is 0.889. The van der Waals surface area contributed by atoms with Gasteiger partial charge in [0.05, 0.1) is 12.7 Å². The summed E-state index contributed by atoms with van der Waals surface area (Å²) in [4.78, 5) is 0. The molecule has 1 heterocycles. The Kier molecular flexibility index (Phi) is 2.24. The lowest BCUT2D eigenvalue weighted by Gasteiger charge is -2.33. The molecule has 2 fully saturated rings. The average molecular weight is 182 g/mol. The second-order valence-corrected chi connectivity index (χ2v) is 3.78. The van der Waals surface area contributed by atoms with Crippen LogP contribution in [0.15, 0.2) is 0 Å². The van der Waals surface area contributed by atoms with Crippen LogP contribution in [0.5, 0.6) is 0 Å². The molecule has 0 bridgehead atoms. The molecule has 0 amide bonds. The van der Waals surface area contributed by atoms with Gasteiger partial charge in [-0.2, -0.15) is 5.26 Å². The van der Waals surface area contributed by atoms with Crippen molar-refractivity contribution in [2.45, 2.75) is 37.7 Å². The van der Waals surface area contributed by atoms with Gasteiger partial charge in [0.25, 0.3) is 0 Å². The number of rotatable bonds is 0. The van der Waals surface area contributed by atoms with Crippen LogP contribution >= 0.6 is 0 Å². The number of nitrogens with two attached hydrogens (primary N) is 1. The molecule has 13 heavy (non-hydrogen) atoms.